The normalized spacial score (nSPS) is 17.8. The highest BCUT2D eigenvalue weighted by atomic mass is 16.6. The Balaban J connectivity index is 1.61. The summed E-state index contributed by atoms with van der Waals surface area (Å²) in [6, 6.07) is 20.1. The molecule has 2 aromatic rings. The van der Waals surface area contributed by atoms with Crippen LogP contribution in [0, 0.1) is 0 Å². The minimum Gasteiger partial charge on any atom is -0.445 e. The lowest BCUT2D eigenvalue weighted by molar-refractivity contribution is 0.0777. The van der Waals surface area contributed by atoms with E-state index in [1.165, 1.54) is 0 Å². The lowest BCUT2D eigenvalue weighted by atomic mass is 10.0. The number of piperidine rings is 1. The second-order valence-corrected chi connectivity index (χ2v) is 6.07. The predicted molar refractivity (Wildman–Crippen MR) is 96.4 cm³/mol. The maximum absolute atomic E-state index is 12.5. The van der Waals surface area contributed by atoms with E-state index in [0.717, 1.165) is 36.9 Å². The molecule has 0 radical (unpaired) electrons. The molecule has 3 rings (SSSR count). The van der Waals surface area contributed by atoms with Gasteiger partial charge in [-0.2, -0.15) is 0 Å². The van der Waals surface area contributed by atoms with Gasteiger partial charge in [0, 0.05) is 6.54 Å². The number of likely N-dealkylation sites (tertiary alicyclic amines) is 1. The van der Waals surface area contributed by atoms with Crippen molar-refractivity contribution in [3.05, 3.63) is 77.9 Å². The zero-order valence-electron chi connectivity index (χ0n) is 13.8. The van der Waals surface area contributed by atoms with Crippen LogP contribution in [0.1, 0.15) is 30.4 Å². The van der Waals surface area contributed by atoms with Crippen LogP contribution in [0.25, 0.3) is 6.08 Å². The molecule has 24 heavy (non-hydrogen) atoms. The number of ether oxygens (including phenoxy) is 1. The van der Waals surface area contributed by atoms with E-state index in [1.54, 1.807) is 0 Å². The van der Waals surface area contributed by atoms with E-state index >= 15 is 0 Å². The van der Waals surface area contributed by atoms with E-state index in [1.807, 2.05) is 53.4 Å². The predicted octanol–water partition coefficient (Wildman–Crippen LogP) is 4.89. The van der Waals surface area contributed by atoms with Crippen LogP contribution in [0.3, 0.4) is 0 Å². The Morgan fingerprint density at radius 1 is 1.04 bits per heavy atom. The summed E-state index contributed by atoms with van der Waals surface area (Å²) in [5.41, 5.74) is 2.17. The first-order chi connectivity index (χ1) is 11.8. The van der Waals surface area contributed by atoms with Gasteiger partial charge in [-0.15, -0.1) is 0 Å². The molecule has 1 unspecified atom stereocenters. The lowest BCUT2D eigenvalue weighted by Gasteiger charge is -2.33. The van der Waals surface area contributed by atoms with Crippen molar-refractivity contribution >= 4 is 12.2 Å². The van der Waals surface area contributed by atoms with Gasteiger partial charge in [-0.25, -0.2) is 4.79 Å². The lowest BCUT2D eigenvalue weighted by Crippen LogP contribution is -2.42. The fourth-order valence-corrected chi connectivity index (χ4v) is 2.97. The van der Waals surface area contributed by atoms with Gasteiger partial charge in [0.15, 0.2) is 0 Å². The SMILES string of the molecule is O=C(OCc1ccccc1)N1CCCCC1C=Cc1ccccc1. The van der Waals surface area contributed by atoms with Gasteiger partial charge in [0.05, 0.1) is 6.04 Å². The second-order valence-electron chi connectivity index (χ2n) is 6.07. The molecule has 1 saturated heterocycles. The molecule has 2 aromatic carbocycles. The van der Waals surface area contributed by atoms with E-state index in [0.29, 0.717) is 6.61 Å². The zero-order chi connectivity index (χ0) is 16.6. The van der Waals surface area contributed by atoms with Crippen molar-refractivity contribution in [3.8, 4) is 0 Å². The maximum Gasteiger partial charge on any atom is 0.410 e. The van der Waals surface area contributed by atoms with Gasteiger partial charge >= 0.3 is 6.09 Å². The molecule has 1 aliphatic rings. The van der Waals surface area contributed by atoms with Gasteiger partial charge in [-0.3, -0.25) is 0 Å². The van der Waals surface area contributed by atoms with Crippen molar-refractivity contribution in [1.82, 2.24) is 4.90 Å². The van der Waals surface area contributed by atoms with Crippen molar-refractivity contribution in [1.29, 1.82) is 0 Å². The highest BCUT2D eigenvalue weighted by Crippen LogP contribution is 2.20. The third-order valence-corrected chi connectivity index (χ3v) is 4.30. The molecule has 1 atom stereocenters. The van der Waals surface area contributed by atoms with Gasteiger partial charge < -0.3 is 9.64 Å². The molecule has 3 heteroatoms. The Labute approximate surface area is 143 Å². The monoisotopic (exact) mass is 321 g/mol. The first-order valence-corrected chi connectivity index (χ1v) is 8.53. The number of hydrogen-bond donors (Lipinski definition) is 0. The number of benzene rings is 2. The quantitative estimate of drug-likeness (QED) is 0.802. The van der Waals surface area contributed by atoms with Crippen LogP contribution in [0.4, 0.5) is 4.79 Å². The number of carbonyl (C=O) groups excluding carboxylic acids is 1. The number of nitrogens with zero attached hydrogens (tertiary/aromatic N) is 1. The molecule has 124 valence electrons. The summed E-state index contributed by atoms with van der Waals surface area (Å²) >= 11 is 0. The number of amides is 1. The van der Waals surface area contributed by atoms with Gasteiger partial charge in [0.25, 0.3) is 0 Å². The summed E-state index contributed by atoms with van der Waals surface area (Å²) in [6.45, 7) is 1.09. The molecule has 0 N–H and O–H groups in total. The largest absolute Gasteiger partial charge is 0.445 e. The van der Waals surface area contributed by atoms with Gasteiger partial charge in [-0.1, -0.05) is 72.8 Å². The van der Waals surface area contributed by atoms with Crippen molar-refractivity contribution in [2.75, 3.05) is 6.54 Å². The summed E-state index contributed by atoms with van der Waals surface area (Å²) < 4.78 is 5.50. The fourth-order valence-electron chi connectivity index (χ4n) is 2.97. The average Bonchev–Trinajstić information content (AvgIpc) is 2.66. The third kappa shape index (κ3) is 4.48. The van der Waals surface area contributed by atoms with Crippen LogP contribution < -0.4 is 0 Å². The van der Waals surface area contributed by atoms with Crippen LogP contribution in [0.15, 0.2) is 66.7 Å². The Morgan fingerprint density at radius 3 is 2.50 bits per heavy atom. The highest BCUT2D eigenvalue weighted by Gasteiger charge is 2.25. The van der Waals surface area contributed by atoms with Gasteiger partial charge in [0.2, 0.25) is 0 Å². The molecule has 1 amide bonds. The standard InChI is InChI=1S/C21H23NO2/c23-21(24-17-19-11-5-2-6-12-19)22-16-8-7-13-20(22)15-14-18-9-3-1-4-10-18/h1-6,9-12,14-15,20H,7-8,13,16-17H2. The number of hydrogen-bond acceptors (Lipinski definition) is 2. The maximum atomic E-state index is 12.5. The summed E-state index contributed by atoms with van der Waals surface area (Å²) in [5.74, 6) is 0. The van der Waals surface area contributed by atoms with Gasteiger partial charge in [0.1, 0.15) is 6.61 Å². The van der Waals surface area contributed by atoms with Crippen LogP contribution in [-0.2, 0) is 11.3 Å². The van der Waals surface area contributed by atoms with Crippen molar-refractivity contribution in [2.45, 2.75) is 31.9 Å². The summed E-state index contributed by atoms with van der Waals surface area (Å²) in [4.78, 5) is 14.3. The Morgan fingerprint density at radius 2 is 1.75 bits per heavy atom. The summed E-state index contributed by atoms with van der Waals surface area (Å²) in [6.07, 6.45) is 7.17. The summed E-state index contributed by atoms with van der Waals surface area (Å²) in [5, 5.41) is 0. The first kappa shape index (κ1) is 16.3. The molecule has 0 aromatic heterocycles. The van der Waals surface area contributed by atoms with E-state index < -0.39 is 0 Å². The molecule has 1 aliphatic heterocycles. The number of carbonyl (C=O) groups is 1. The van der Waals surface area contributed by atoms with Crippen LogP contribution in [0.5, 0.6) is 0 Å². The van der Waals surface area contributed by atoms with E-state index in [4.69, 9.17) is 4.74 Å². The molecule has 0 spiro atoms. The fraction of sp³-hybridized carbons (Fsp3) is 0.286. The van der Waals surface area contributed by atoms with E-state index in [9.17, 15) is 4.79 Å². The first-order valence-electron chi connectivity index (χ1n) is 8.53. The molecule has 0 bridgehead atoms. The Bertz CT molecular complexity index is 667. The minimum atomic E-state index is -0.221. The number of rotatable bonds is 4. The van der Waals surface area contributed by atoms with Crippen LogP contribution in [0.2, 0.25) is 0 Å². The molecule has 1 fully saturated rings. The third-order valence-electron chi connectivity index (χ3n) is 4.30. The molecular formula is C21H23NO2. The van der Waals surface area contributed by atoms with Crippen molar-refractivity contribution in [2.24, 2.45) is 0 Å². The topological polar surface area (TPSA) is 29.5 Å². The highest BCUT2D eigenvalue weighted by molar-refractivity contribution is 5.69. The van der Waals surface area contributed by atoms with Gasteiger partial charge in [-0.05, 0) is 30.4 Å². The second kappa shape index (κ2) is 8.34. The van der Waals surface area contributed by atoms with Crippen molar-refractivity contribution in [3.63, 3.8) is 0 Å². The van der Waals surface area contributed by atoms with Crippen LogP contribution >= 0.6 is 0 Å². The smallest absolute Gasteiger partial charge is 0.410 e. The van der Waals surface area contributed by atoms with E-state index in [-0.39, 0.29) is 12.1 Å². The molecule has 0 aliphatic carbocycles. The molecule has 1 heterocycles. The Kier molecular flexibility index (Phi) is 5.67. The van der Waals surface area contributed by atoms with Crippen LogP contribution in [-0.4, -0.2) is 23.6 Å². The average molecular weight is 321 g/mol. The summed E-state index contributed by atoms with van der Waals surface area (Å²) in [7, 11) is 0. The Hall–Kier alpha value is -2.55. The van der Waals surface area contributed by atoms with E-state index in [2.05, 4.69) is 24.3 Å². The molecule has 0 saturated carbocycles. The van der Waals surface area contributed by atoms with Crippen molar-refractivity contribution < 1.29 is 9.53 Å². The zero-order valence-corrected chi connectivity index (χ0v) is 13.8. The minimum absolute atomic E-state index is 0.113. The molecule has 3 nitrogen and oxygen atoms in total. The molecular weight excluding hydrogens is 298 g/mol.